The summed E-state index contributed by atoms with van der Waals surface area (Å²) in [6, 6.07) is 4.46. The fourth-order valence-corrected chi connectivity index (χ4v) is 2.64. The van der Waals surface area contributed by atoms with Crippen LogP contribution in [0.25, 0.3) is 0 Å². The van der Waals surface area contributed by atoms with Gasteiger partial charge in [0.25, 0.3) is 0 Å². The molecule has 6 heteroatoms. The standard InChI is InChI=1S/C14H17BrFNO3/c15-13-3-2-11(16)7-10(13)1-4-14(19)17-5-6-20-12(8-17)9-18/h2-3,7,12,18H,1,4-6,8-9H2/t12-/m1/s1. The third kappa shape index (κ3) is 4.01. The maximum absolute atomic E-state index is 13.2. The van der Waals surface area contributed by atoms with Crippen molar-refractivity contribution in [3.05, 3.63) is 34.1 Å². The molecule has 0 bridgehead atoms. The number of morpholine rings is 1. The van der Waals surface area contributed by atoms with Gasteiger partial charge in [-0.1, -0.05) is 15.9 Å². The van der Waals surface area contributed by atoms with Crippen molar-refractivity contribution in [2.45, 2.75) is 18.9 Å². The highest BCUT2D eigenvalue weighted by Crippen LogP contribution is 2.20. The maximum atomic E-state index is 13.2. The predicted octanol–water partition coefficient (Wildman–Crippen LogP) is 1.74. The van der Waals surface area contributed by atoms with Gasteiger partial charge in [0.1, 0.15) is 5.82 Å². The molecule has 1 aliphatic rings. The van der Waals surface area contributed by atoms with Gasteiger partial charge in [0.05, 0.1) is 19.3 Å². The van der Waals surface area contributed by atoms with E-state index in [9.17, 15) is 9.18 Å². The minimum absolute atomic E-state index is 0.00270. The number of nitrogens with zero attached hydrogens (tertiary/aromatic N) is 1. The van der Waals surface area contributed by atoms with Gasteiger partial charge in [-0.15, -0.1) is 0 Å². The first kappa shape index (κ1) is 15.4. The molecule has 110 valence electrons. The summed E-state index contributed by atoms with van der Waals surface area (Å²) < 4.78 is 19.3. The van der Waals surface area contributed by atoms with E-state index >= 15 is 0 Å². The molecule has 1 saturated heterocycles. The summed E-state index contributed by atoms with van der Waals surface area (Å²) in [7, 11) is 0. The fraction of sp³-hybridized carbons (Fsp3) is 0.500. The SMILES string of the molecule is O=C(CCc1cc(F)ccc1Br)N1CCO[C@@H](CO)C1. The lowest BCUT2D eigenvalue weighted by atomic mass is 10.1. The molecule has 20 heavy (non-hydrogen) atoms. The van der Waals surface area contributed by atoms with Gasteiger partial charge in [0, 0.05) is 24.0 Å². The van der Waals surface area contributed by atoms with Crippen molar-refractivity contribution >= 4 is 21.8 Å². The number of halogens is 2. The summed E-state index contributed by atoms with van der Waals surface area (Å²) in [6.07, 6.45) is 0.507. The molecule has 0 aromatic heterocycles. The highest BCUT2D eigenvalue weighted by molar-refractivity contribution is 9.10. The number of aliphatic hydroxyl groups is 1. The Kier molecular flexibility index (Phi) is 5.51. The molecule has 2 rings (SSSR count). The largest absolute Gasteiger partial charge is 0.394 e. The van der Waals surface area contributed by atoms with E-state index in [1.807, 2.05) is 0 Å². The van der Waals surface area contributed by atoms with Crippen molar-refractivity contribution in [3.8, 4) is 0 Å². The Morgan fingerprint density at radius 2 is 2.35 bits per heavy atom. The molecule has 4 nitrogen and oxygen atoms in total. The average molecular weight is 346 g/mol. The van der Waals surface area contributed by atoms with Gasteiger partial charge in [0.15, 0.2) is 0 Å². The summed E-state index contributed by atoms with van der Waals surface area (Å²) in [5.74, 6) is -0.301. The van der Waals surface area contributed by atoms with Crippen LogP contribution < -0.4 is 0 Å². The van der Waals surface area contributed by atoms with E-state index in [4.69, 9.17) is 9.84 Å². The zero-order valence-corrected chi connectivity index (χ0v) is 12.6. The fourth-order valence-electron chi connectivity index (χ4n) is 2.19. The molecule has 0 spiro atoms. The van der Waals surface area contributed by atoms with Crippen LogP contribution in [0.2, 0.25) is 0 Å². The molecule has 1 N–H and O–H groups in total. The van der Waals surface area contributed by atoms with Crippen molar-refractivity contribution in [2.75, 3.05) is 26.3 Å². The van der Waals surface area contributed by atoms with E-state index in [0.29, 0.717) is 32.5 Å². The van der Waals surface area contributed by atoms with E-state index in [2.05, 4.69) is 15.9 Å². The first-order valence-corrected chi connectivity index (χ1v) is 7.33. The normalized spacial score (nSPS) is 19.1. The molecule has 1 amide bonds. The Balaban J connectivity index is 1.90. The van der Waals surface area contributed by atoms with Crippen LogP contribution in [0.1, 0.15) is 12.0 Å². The van der Waals surface area contributed by atoms with Crippen LogP contribution in [-0.2, 0) is 16.0 Å². The zero-order chi connectivity index (χ0) is 14.5. The minimum atomic E-state index is -0.303. The summed E-state index contributed by atoms with van der Waals surface area (Å²) >= 11 is 3.35. The number of benzene rings is 1. The van der Waals surface area contributed by atoms with Gasteiger partial charge < -0.3 is 14.7 Å². The average Bonchev–Trinajstić information content (AvgIpc) is 2.48. The zero-order valence-electron chi connectivity index (χ0n) is 11.0. The topological polar surface area (TPSA) is 49.8 Å². The molecule has 0 unspecified atom stereocenters. The number of rotatable bonds is 4. The summed E-state index contributed by atoms with van der Waals surface area (Å²) in [5.41, 5.74) is 0.783. The van der Waals surface area contributed by atoms with E-state index in [0.717, 1.165) is 10.0 Å². The van der Waals surface area contributed by atoms with Gasteiger partial charge >= 0.3 is 0 Å². The minimum Gasteiger partial charge on any atom is -0.394 e. The van der Waals surface area contributed by atoms with E-state index < -0.39 is 0 Å². The lowest BCUT2D eigenvalue weighted by Crippen LogP contribution is -2.46. The highest BCUT2D eigenvalue weighted by Gasteiger charge is 2.23. The third-order valence-electron chi connectivity index (χ3n) is 3.31. The monoisotopic (exact) mass is 345 g/mol. The summed E-state index contributed by atoms with van der Waals surface area (Å²) in [6.45, 7) is 1.32. The summed E-state index contributed by atoms with van der Waals surface area (Å²) in [5, 5.41) is 9.05. The third-order valence-corrected chi connectivity index (χ3v) is 4.08. The van der Waals surface area contributed by atoms with Gasteiger partial charge in [-0.3, -0.25) is 4.79 Å². The van der Waals surface area contributed by atoms with Crippen molar-refractivity contribution in [2.24, 2.45) is 0 Å². The second kappa shape index (κ2) is 7.15. The Morgan fingerprint density at radius 3 is 3.10 bits per heavy atom. The number of aliphatic hydroxyl groups excluding tert-OH is 1. The van der Waals surface area contributed by atoms with E-state index in [1.165, 1.54) is 12.1 Å². The van der Waals surface area contributed by atoms with Crippen molar-refractivity contribution in [1.82, 2.24) is 4.90 Å². The number of ether oxygens (including phenoxy) is 1. The second-order valence-corrected chi connectivity index (χ2v) is 5.61. The Bertz CT molecular complexity index is 483. The Morgan fingerprint density at radius 1 is 1.55 bits per heavy atom. The van der Waals surface area contributed by atoms with Gasteiger partial charge in [0.2, 0.25) is 5.91 Å². The Labute approximate surface area is 125 Å². The Hall–Kier alpha value is -0.980. The van der Waals surface area contributed by atoms with E-state index in [1.54, 1.807) is 11.0 Å². The predicted molar refractivity (Wildman–Crippen MR) is 75.8 cm³/mol. The molecule has 1 aromatic carbocycles. The lowest BCUT2D eigenvalue weighted by molar-refractivity contribution is -0.140. The van der Waals surface area contributed by atoms with Gasteiger partial charge in [-0.2, -0.15) is 0 Å². The number of hydrogen-bond donors (Lipinski definition) is 1. The molecule has 0 saturated carbocycles. The van der Waals surface area contributed by atoms with Crippen LogP contribution in [-0.4, -0.2) is 48.3 Å². The maximum Gasteiger partial charge on any atom is 0.223 e. The molecule has 1 atom stereocenters. The number of aryl methyl sites for hydroxylation is 1. The highest BCUT2D eigenvalue weighted by atomic mass is 79.9. The van der Waals surface area contributed by atoms with Crippen LogP contribution >= 0.6 is 15.9 Å². The molecule has 0 aliphatic carbocycles. The second-order valence-electron chi connectivity index (χ2n) is 4.75. The smallest absolute Gasteiger partial charge is 0.223 e. The van der Waals surface area contributed by atoms with Crippen LogP contribution in [0, 0.1) is 5.82 Å². The quantitative estimate of drug-likeness (QED) is 0.904. The van der Waals surface area contributed by atoms with Crippen LogP contribution in [0.4, 0.5) is 4.39 Å². The van der Waals surface area contributed by atoms with Crippen LogP contribution in [0.5, 0.6) is 0 Å². The molecule has 1 heterocycles. The van der Waals surface area contributed by atoms with E-state index in [-0.39, 0.29) is 24.4 Å². The molecular formula is C14H17BrFNO3. The van der Waals surface area contributed by atoms with Crippen molar-refractivity contribution in [3.63, 3.8) is 0 Å². The molecule has 1 aromatic rings. The molecule has 1 aliphatic heterocycles. The van der Waals surface area contributed by atoms with Gasteiger partial charge in [-0.25, -0.2) is 4.39 Å². The first-order valence-electron chi connectivity index (χ1n) is 6.54. The van der Waals surface area contributed by atoms with Crippen LogP contribution in [0.15, 0.2) is 22.7 Å². The number of hydrogen-bond acceptors (Lipinski definition) is 3. The van der Waals surface area contributed by atoms with Gasteiger partial charge in [-0.05, 0) is 30.2 Å². The summed E-state index contributed by atoms with van der Waals surface area (Å²) in [4.78, 5) is 13.8. The molecule has 0 radical (unpaired) electrons. The lowest BCUT2D eigenvalue weighted by Gasteiger charge is -2.32. The number of amides is 1. The van der Waals surface area contributed by atoms with Crippen molar-refractivity contribution < 1.29 is 19.0 Å². The molecule has 1 fully saturated rings. The van der Waals surface area contributed by atoms with Crippen LogP contribution in [0.3, 0.4) is 0 Å². The number of carbonyl (C=O) groups is 1. The van der Waals surface area contributed by atoms with Crippen molar-refractivity contribution in [1.29, 1.82) is 0 Å². The first-order chi connectivity index (χ1) is 9.60. The number of carbonyl (C=O) groups excluding carboxylic acids is 1. The molecular weight excluding hydrogens is 329 g/mol.